The van der Waals surface area contributed by atoms with Crippen molar-refractivity contribution in [3.05, 3.63) is 44.0 Å². The molecular weight excluding hydrogens is 369 g/mol. The molecule has 0 spiro atoms. The zero-order valence-corrected chi connectivity index (χ0v) is 15.0. The first-order valence-corrected chi connectivity index (χ1v) is 9.12. The van der Waals surface area contributed by atoms with Crippen molar-refractivity contribution in [3.8, 4) is 0 Å². The first-order chi connectivity index (χ1) is 11.5. The number of carbonyl (C=O) groups is 2. The van der Waals surface area contributed by atoms with E-state index < -0.39 is 11.8 Å². The summed E-state index contributed by atoms with van der Waals surface area (Å²) >= 11 is 13.2. The number of rotatable bonds is 3. The number of thiophene rings is 1. The monoisotopic (exact) mass is 383 g/mol. The molecule has 1 aliphatic rings. The summed E-state index contributed by atoms with van der Waals surface area (Å²) in [5.41, 5.74) is 6.94. The van der Waals surface area contributed by atoms with Gasteiger partial charge < -0.3 is 11.1 Å². The maximum atomic E-state index is 12.5. The van der Waals surface area contributed by atoms with Crippen molar-refractivity contribution in [2.24, 2.45) is 5.73 Å². The Hall–Kier alpha value is -1.63. The number of aryl methyl sites for hydroxylation is 1. The first-order valence-electron chi connectivity index (χ1n) is 7.55. The van der Waals surface area contributed by atoms with E-state index in [1.54, 1.807) is 0 Å². The number of hydrogen-bond acceptors (Lipinski definition) is 4. The van der Waals surface area contributed by atoms with E-state index in [1.807, 2.05) is 0 Å². The molecule has 3 N–H and O–H groups in total. The molecule has 0 saturated heterocycles. The third kappa shape index (κ3) is 3.41. The van der Waals surface area contributed by atoms with Crippen molar-refractivity contribution >= 4 is 51.4 Å². The normalized spacial score (nSPS) is 13.9. The third-order valence-electron chi connectivity index (χ3n) is 3.92. The van der Waals surface area contributed by atoms with Gasteiger partial charge >= 0.3 is 0 Å². The van der Waals surface area contributed by atoms with E-state index in [0.29, 0.717) is 10.6 Å². The summed E-state index contributed by atoms with van der Waals surface area (Å²) in [6, 6.07) is 3.01. The van der Waals surface area contributed by atoms with E-state index in [2.05, 4.69) is 10.3 Å². The highest BCUT2D eigenvalue weighted by Crippen LogP contribution is 2.37. The molecule has 24 heavy (non-hydrogen) atoms. The predicted octanol–water partition coefficient (Wildman–Crippen LogP) is 4.07. The number of nitrogens with one attached hydrogen (secondary N) is 1. The van der Waals surface area contributed by atoms with Gasteiger partial charge in [-0.1, -0.05) is 29.6 Å². The van der Waals surface area contributed by atoms with Crippen LogP contribution in [0.5, 0.6) is 0 Å². The number of halogens is 2. The average molecular weight is 384 g/mol. The fraction of sp³-hybridized carbons (Fsp3) is 0.312. The van der Waals surface area contributed by atoms with Gasteiger partial charge in [-0.3, -0.25) is 9.59 Å². The fourth-order valence-corrected chi connectivity index (χ4v) is 4.46. The Labute approximate surface area is 153 Å². The highest BCUT2D eigenvalue weighted by molar-refractivity contribution is 7.17. The van der Waals surface area contributed by atoms with Crippen molar-refractivity contribution < 1.29 is 9.59 Å². The Bertz CT molecular complexity index is 820. The lowest BCUT2D eigenvalue weighted by atomic mass is 10.1. The van der Waals surface area contributed by atoms with Gasteiger partial charge in [-0.2, -0.15) is 0 Å². The van der Waals surface area contributed by atoms with Crippen LogP contribution in [0.2, 0.25) is 10.2 Å². The molecule has 2 aromatic heterocycles. The molecule has 0 unspecified atom stereocenters. The summed E-state index contributed by atoms with van der Waals surface area (Å²) in [6.07, 6.45) is 4.91. The number of anilines is 1. The van der Waals surface area contributed by atoms with Crippen LogP contribution < -0.4 is 11.1 Å². The maximum Gasteiger partial charge on any atom is 0.276 e. The Morgan fingerprint density at radius 3 is 2.67 bits per heavy atom. The van der Waals surface area contributed by atoms with Crippen molar-refractivity contribution in [2.45, 2.75) is 32.1 Å². The van der Waals surface area contributed by atoms with Gasteiger partial charge in [-0.15, -0.1) is 11.3 Å². The Kier molecular flexibility index (Phi) is 5.08. The minimum absolute atomic E-state index is 0.0168. The molecule has 0 radical (unpaired) electrons. The zero-order valence-electron chi connectivity index (χ0n) is 12.7. The number of hydrogen-bond donors (Lipinski definition) is 2. The molecule has 0 atom stereocenters. The van der Waals surface area contributed by atoms with E-state index >= 15 is 0 Å². The molecule has 0 saturated carbocycles. The van der Waals surface area contributed by atoms with Gasteiger partial charge in [0.2, 0.25) is 0 Å². The van der Waals surface area contributed by atoms with Crippen LogP contribution in [-0.4, -0.2) is 16.8 Å². The molecule has 0 aromatic carbocycles. The maximum absolute atomic E-state index is 12.5. The minimum Gasteiger partial charge on any atom is -0.365 e. The van der Waals surface area contributed by atoms with Gasteiger partial charge in [0.1, 0.15) is 15.8 Å². The second kappa shape index (κ2) is 7.09. The zero-order chi connectivity index (χ0) is 17.3. The standard InChI is InChI=1S/C16H15Cl2N3O2S/c17-9-6-7-11(18)20-13(9)15(23)21-16-12(14(19)22)8-4-2-1-3-5-10(8)24-16/h6-7H,1-5H2,(H2,19,22)(H,21,23). The van der Waals surface area contributed by atoms with E-state index in [-0.39, 0.29) is 15.9 Å². The number of nitrogens with two attached hydrogens (primary N) is 1. The van der Waals surface area contributed by atoms with Crippen LogP contribution in [-0.2, 0) is 12.8 Å². The van der Waals surface area contributed by atoms with Gasteiger partial charge in [0.15, 0.2) is 0 Å². The van der Waals surface area contributed by atoms with Crippen molar-refractivity contribution in [1.29, 1.82) is 0 Å². The molecule has 126 valence electrons. The molecule has 3 rings (SSSR count). The number of fused-ring (bicyclic) bond motifs is 1. The van der Waals surface area contributed by atoms with Crippen LogP contribution in [0.3, 0.4) is 0 Å². The van der Waals surface area contributed by atoms with Crippen molar-refractivity contribution in [3.63, 3.8) is 0 Å². The lowest BCUT2D eigenvalue weighted by molar-refractivity contribution is 0.100. The molecule has 8 heteroatoms. The molecule has 2 amide bonds. The smallest absolute Gasteiger partial charge is 0.276 e. The summed E-state index contributed by atoms with van der Waals surface area (Å²) in [5, 5.41) is 3.54. The molecule has 2 heterocycles. The molecule has 0 fully saturated rings. The van der Waals surface area contributed by atoms with Gasteiger partial charge in [-0.05, 0) is 43.4 Å². The molecule has 2 aromatic rings. The largest absolute Gasteiger partial charge is 0.365 e. The number of aromatic nitrogens is 1. The van der Waals surface area contributed by atoms with Crippen molar-refractivity contribution in [2.75, 3.05) is 5.32 Å². The Morgan fingerprint density at radius 1 is 1.17 bits per heavy atom. The minimum atomic E-state index is -0.533. The first kappa shape index (κ1) is 17.2. The van der Waals surface area contributed by atoms with Crippen LogP contribution in [0.4, 0.5) is 5.00 Å². The van der Waals surface area contributed by atoms with Crippen LogP contribution in [0.1, 0.15) is 50.5 Å². The van der Waals surface area contributed by atoms with Crippen LogP contribution in [0.25, 0.3) is 0 Å². The lowest BCUT2D eigenvalue weighted by Gasteiger charge is -2.07. The summed E-state index contributed by atoms with van der Waals surface area (Å²) < 4.78 is 0. The van der Waals surface area contributed by atoms with Crippen LogP contribution in [0, 0.1) is 0 Å². The van der Waals surface area contributed by atoms with Crippen LogP contribution >= 0.6 is 34.5 Å². The van der Waals surface area contributed by atoms with Crippen LogP contribution in [0.15, 0.2) is 12.1 Å². The second-order valence-electron chi connectivity index (χ2n) is 5.55. The predicted molar refractivity (Wildman–Crippen MR) is 96.3 cm³/mol. The van der Waals surface area contributed by atoms with Gasteiger partial charge in [-0.25, -0.2) is 4.98 Å². The van der Waals surface area contributed by atoms with E-state index in [0.717, 1.165) is 42.5 Å². The molecule has 5 nitrogen and oxygen atoms in total. The summed E-state index contributed by atoms with van der Waals surface area (Å²) in [6.45, 7) is 0. The lowest BCUT2D eigenvalue weighted by Crippen LogP contribution is -2.19. The molecule has 0 bridgehead atoms. The average Bonchev–Trinajstić information content (AvgIpc) is 2.71. The Balaban J connectivity index is 1.96. The molecule has 0 aliphatic heterocycles. The highest BCUT2D eigenvalue weighted by Gasteiger charge is 2.25. The van der Waals surface area contributed by atoms with Crippen molar-refractivity contribution in [1.82, 2.24) is 4.98 Å². The third-order valence-corrected chi connectivity index (χ3v) is 5.64. The van der Waals surface area contributed by atoms with Gasteiger partial charge in [0.05, 0.1) is 10.6 Å². The number of amides is 2. The fourth-order valence-electron chi connectivity index (χ4n) is 2.83. The van der Waals surface area contributed by atoms with Gasteiger partial charge in [0, 0.05) is 4.88 Å². The number of pyridine rings is 1. The number of nitrogens with zero attached hydrogens (tertiary/aromatic N) is 1. The quantitative estimate of drug-likeness (QED) is 0.618. The number of primary amides is 1. The van der Waals surface area contributed by atoms with E-state index in [4.69, 9.17) is 28.9 Å². The SMILES string of the molecule is NC(=O)c1c(NC(=O)c2nc(Cl)ccc2Cl)sc2c1CCCCC2. The van der Waals surface area contributed by atoms with E-state index in [1.165, 1.54) is 23.5 Å². The highest BCUT2D eigenvalue weighted by atomic mass is 35.5. The number of carbonyl (C=O) groups excluding carboxylic acids is 2. The molecular formula is C16H15Cl2N3O2S. The second-order valence-corrected chi connectivity index (χ2v) is 7.45. The topological polar surface area (TPSA) is 85.1 Å². The van der Waals surface area contributed by atoms with Gasteiger partial charge in [0.25, 0.3) is 11.8 Å². The summed E-state index contributed by atoms with van der Waals surface area (Å²) in [4.78, 5) is 29.5. The molecule has 1 aliphatic carbocycles. The summed E-state index contributed by atoms with van der Waals surface area (Å²) in [7, 11) is 0. The Morgan fingerprint density at radius 2 is 1.92 bits per heavy atom. The summed E-state index contributed by atoms with van der Waals surface area (Å²) in [5.74, 6) is -1.05. The van der Waals surface area contributed by atoms with E-state index in [9.17, 15) is 9.59 Å².